The molecule has 1 N–H and O–H groups in total. The molecule has 0 amide bonds. The van der Waals surface area contributed by atoms with Crippen LogP contribution in [0.15, 0.2) is 18.2 Å². The molecular weight excluding hydrogens is 228 g/mol. The lowest BCUT2D eigenvalue weighted by Gasteiger charge is -2.17. The summed E-state index contributed by atoms with van der Waals surface area (Å²) in [5, 5.41) is 8.79. The van der Waals surface area contributed by atoms with E-state index in [1.807, 2.05) is 0 Å². The van der Waals surface area contributed by atoms with Gasteiger partial charge in [0.2, 0.25) is 0 Å². The molecule has 17 heavy (non-hydrogen) atoms. The van der Waals surface area contributed by atoms with Crippen LogP contribution in [0.4, 0.5) is 8.78 Å². The highest BCUT2D eigenvalue weighted by molar-refractivity contribution is 5.87. The first-order valence-corrected chi connectivity index (χ1v) is 5.19. The molecule has 0 saturated heterocycles. The second-order valence-electron chi connectivity index (χ2n) is 4.03. The minimum absolute atomic E-state index is 0.211. The average Bonchev–Trinajstić information content (AvgIpc) is 2.19. The van der Waals surface area contributed by atoms with Gasteiger partial charge in [-0.05, 0) is 37.2 Å². The van der Waals surface area contributed by atoms with Gasteiger partial charge in [0, 0.05) is 6.54 Å². The Morgan fingerprint density at radius 3 is 2.59 bits per heavy atom. The van der Waals surface area contributed by atoms with Gasteiger partial charge in [0.15, 0.2) is 0 Å². The Morgan fingerprint density at radius 2 is 2.12 bits per heavy atom. The third-order valence-electron chi connectivity index (χ3n) is 2.48. The minimum Gasteiger partial charge on any atom is -0.478 e. The van der Waals surface area contributed by atoms with E-state index in [0.29, 0.717) is 6.54 Å². The van der Waals surface area contributed by atoms with Crippen molar-refractivity contribution in [3.8, 4) is 0 Å². The summed E-state index contributed by atoms with van der Waals surface area (Å²) in [5.74, 6) is -0.986. The van der Waals surface area contributed by atoms with E-state index in [0.717, 1.165) is 11.1 Å². The van der Waals surface area contributed by atoms with E-state index in [-0.39, 0.29) is 12.1 Å². The lowest BCUT2D eigenvalue weighted by Crippen LogP contribution is -2.24. The van der Waals surface area contributed by atoms with E-state index < -0.39 is 12.4 Å². The molecule has 0 saturated carbocycles. The Labute approximate surface area is 98.7 Å². The van der Waals surface area contributed by atoms with E-state index in [4.69, 9.17) is 5.11 Å². The van der Waals surface area contributed by atoms with E-state index in [9.17, 15) is 13.6 Å². The minimum atomic E-state index is -2.36. The van der Waals surface area contributed by atoms with Gasteiger partial charge in [-0.15, -0.1) is 0 Å². The lowest BCUT2D eigenvalue weighted by atomic mass is 10.0. The number of alkyl halides is 2. The predicted molar refractivity (Wildman–Crippen MR) is 60.5 cm³/mol. The van der Waals surface area contributed by atoms with Crippen LogP contribution in [0.1, 0.15) is 21.5 Å². The summed E-state index contributed by atoms with van der Waals surface area (Å²) in [6, 6.07) is 4.70. The molecule has 94 valence electrons. The Morgan fingerprint density at radius 1 is 1.47 bits per heavy atom. The second-order valence-corrected chi connectivity index (χ2v) is 4.03. The second kappa shape index (κ2) is 5.72. The zero-order chi connectivity index (χ0) is 13.0. The molecule has 0 bridgehead atoms. The van der Waals surface area contributed by atoms with Crippen LogP contribution in [0, 0.1) is 6.92 Å². The molecule has 0 aliphatic carbocycles. The molecule has 0 spiro atoms. The van der Waals surface area contributed by atoms with Crippen LogP contribution in [0.3, 0.4) is 0 Å². The highest BCUT2D eigenvalue weighted by Crippen LogP contribution is 2.13. The van der Waals surface area contributed by atoms with Gasteiger partial charge in [-0.1, -0.05) is 6.07 Å². The number of hydrogen-bond acceptors (Lipinski definition) is 2. The molecule has 0 unspecified atom stereocenters. The molecule has 1 aromatic carbocycles. The largest absolute Gasteiger partial charge is 0.478 e. The molecule has 0 atom stereocenters. The topological polar surface area (TPSA) is 40.5 Å². The van der Waals surface area contributed by atoms with E-state index in [2.05, 4.69) is 0 Å². The summed E-state index contributed by atoms with van der Waals surface area (Å²) in [4.78, 5) is 12.2. The van der Waals surface area contributed by atoms with Crippen LogP contribution in [0.2, 0.25) is 0 Å². The lowest BCUT2D eigenvalue weighted by molar-refractivity contribution is 0.0696. The molecule has 0 aromatic heterocycles. The third kappa shape index (κ3) is 4.11. The van der Waals surface area contributed by atoms with Crippen molar-refractivity contribution in [3.63, 3.8) is 0 Å². The highest BCUT2D eigenvalue weighted by atomic mass is 19.3. The summed E-state index contributed by atoms with van der Waals surface area (Å²) in [7, 11) is 1.61. The third-order valence-corrected chi connectivity index (χ3v) is 2.48. The summed E-state index contributed by atoms with van der Waals surface area (Å²) < 4.78 is 24.3. The number of aromatic carboxylic acids is 1. The van der Waals surface area contributed by atoms with Crippen molar-refractivity contribution in [1.29, 1.82) is 0 Å². The molecule has 5 heteroatoms. The van der Waals surface area contributed by atoms with Crippen molar-refractivity contribution in [2.75, 3.05) is 13.6 Å². The first-order chi connectivity index (χ1) is 7.90. The van der Waals surface area contributed by atoms with Crippen LogP contribution < -0.4 is 0 Å². The Hall–Kier alpha value is -1.49. The highest BCUT2D eigenvalue weighted by Gasteiger charge is 2.10. The summed E-state index contributed by atoms with van der Waals surface area (Å²) in [6.45, 7) is 1.87. The average molecular weight is 243 g/mol. The van der Waals surface area contributed by atoms with Gasteiger partial charge in [0.1, 0.15) is 0 Å². The van der Waals surface area contributed by atoms with Crippen molar-refractivity contribution in [2.24, 2.45) is 0 Å². The van der Waals surface area contributed by atoms with Gasteiger partial charge in [0.05, 0.1) is 12.1 Å². The monoisotopic (exact) mass is 243 g/mol. The fraction of sp³-hybridized carbons (Fsp3) is 0.417. The number of carboxylic acid groups (broad SMARTS) is 1. The number of carboxylic acids is 1. The summed E-state index contributed by atoms with van der Waals surface area (Å²) in [6.07, 6.45) is -2.36. The standard InChI is InChI=1S/C12H15F2NO2/c1-8-5-9(12(16)17)3-4-10(8)6-15(2)7-11(13)14/h3-5,11H,6-7H2,1-2H3,(H,16,17). The van der Waals surface area contributed by atoms with E-state index in [1.54, 1.807) is 26.1 Å². The molecule has 0 heterocycles. The van der Waals surface area contributed by atoms with Gasteiger partial charge < -0.3 is 5.11 Å². The van der Waals surface area contributed by atoms with Crippen LogP contribution in [0.5, 0.6) is 0 Å². The van der Waals surface area contributed by atoms with Gasteiger partial charge in [-0.2, -0.15) is 0 Å². The van der Waals surface area contributed by atoms with Gasteiger partial charge in [-0.25, -0.2) is 13.6 Å². The summed E-state index contributed by atoms with van der Waals surface area (Å²) >= 11 is 0. The van der Waals surface area contributed by atoms with Gasteiger partial charge in [0.25, 0.3) is 6.43 Å². The maximum Gasteiger partial charge on any atom is 0.335 e. The number of halogens is 2. The van der Waals surface area contributed by atoms with Crippen molar-refractivity contribution in [2.45, 2.75) is 19.9 Å². The smallest absolute Gasteiger partial charge is 0.335 e. The molecule has 3 nitrogen and oxygen atoms in total. The van der Waals surface area contributed by atoms with Crippen molar-refractivity contribution >= 4 is 5.97 Å². The number of nitrogens with zero attached hydrogens (tertiary/aromatic N) is 1. The molecule has 0 fully saturated rings. The van der Waals surface area contributed by atoms with Crippen molar-refractivity contribution < 1.29 is 18.7 Å². The zero-order valence-corrected chi connectivity index (χ0v) is 9.78. The molecule has 0 aliphatic rings. The Balaban J connectivity index is 2.75. The van der Waals surface area contributed by atoms with Crippen molar-refractivity contribution in [1.82, 2.24) is 4.90 Å². The van der Waals surface area contributed by atoms with Gasteiger partial charge in [-0.3, -0.25) is 4.90 Å². The number of hydrogen-bond donors (Lipinski definition) is 1. The summed E-state index contributed by atoms with van der Waals surface area (Å²) in [5.41, 5.74) is 1.87. The first-order valence-electron chi connectivity index (χ1n) is 5.19. The van der Waals surface area contributed by atoms with Crippen LogP contribution in [0.25, 0.3) is 0 Å². The molecule has 1 aromatic rings. The van der Waals surface area contributed by atoms with Crippen molar-refractivity contribution in [3.05, 3.63) is 34.9 Å². The number of rotatable bonds is 5. The van der Waals surface area contributed by atoms with E-state index in [1.165, 1.54) is 11.0 Å². The predicted octanol–water partition coefficient (Wildman–Crippen LogP) is 2.39. The van der Waals surface area contributed by atoms with Crippen LogP contribution in [-0.2, 0) is 6.54 Å². The van der Waals surface area contributed by atoms with E-state index >= 15 is 0 Å². The Bertz CT molecular complexity index is 407. The maximum absolute atomic E-state index is 12.1. The quantitative estimate of drug-likeness (QED) is 0.863. The Kier molecular flexibility index (Phi) is 4.57. The van der Waals surface area contributed by atoms with Gasteiger partial charge >= 0.3 is 5.97 Å². The molecule has 0 radical (unpaired) electrons. The fourth-order valence-electron chi connectivity index (χ4n) is 1.60. The van der Waals surface area contributed by atoms with Crippen LogP contribution >= 0.6 is 0 Å². The normalized spacial score (nSPS) is 11.2. The number of benzene rings is 1. The number of carbonyl (C=O) groups is 1. The maximum atomic E-state index is 12.1. The molecule has 0 aliphatic heterocycles. The first kappa shape index (κ1) is 13.6. The number of aryl methyl sites for hydroxylation is 1. The molecule has 1 rings (SSSR count). The SMILES string of the molecule is Cc1cc(C(=O)O)ccc1CN(C)CC(F)F. The zero-order valence-electron chi connectivity index (χ0n) is 9.78. The molecular formula is C12H15F2NO2. The fourth-order valence-corrected chi connectivity index (χ4v) is 1.60. The van der Waals surface area contributed by atoms with Crippen LogP contribution in [-0.4, -0.2) is 36.0 Å².